The van der Waals surface area contributed by atoms with Crippen molar-refractivity contribution in [3.8, 4) is 0 Å². The van der Waals surface area contributed by atoms with Gasteiger partial charge in [-0.3, -0.25) is 9.10 Å². The number of nitrogens with one attached hydrogen (secondary N) is 1. The number of benzene rings is 2. The van der Waals surface area contributed by atoms with E-state index in [0.717, 1.165) is 20.6 Å². The van der Waals surface area contributed by atoms with Crippen LogP contribution in [-0.4, -0.2) is 26.6 Å². The number of carbonyl (C=O) groups excluding carboxylic acids is 1. The topological polar surface area (TPSA) is 66.5 Å². The average molecular weight is 446 g/mol. The number of rotatable bonds is 5. The number of anilines is 2. The van der Waals surface area contributed by atoms with E-state index in [9.17, 15) is 13.2 Å². The molecule has 0 heterocycles. The number of sulfonamides is 1. The summed E-state index contributed by atoms with van der Waals surface area (Å²) in [6, 6.07) is 11.0. The summed E-state index contributed by atoms with van der Waals surface area (Å²) in [4.78, 5) is 12.6. The Bertz CT molecular complexity index is 903. The molecule has 0 aliphatic carbocycles. The minimum absolute atomic E-state index is 0.343. The van der Waals surface area contributed by atoms with Crippen LogP contribution in [0.5, 0.6) is 0 Å². The highest BCUT2D eigenvalue weighted by molar-refractivity contribution is 9.10. The first kappa shape index (κ1) is 19.8. The third-order valence-electron chi connectivity index (χ3n) is 3.59. The highest BCUT2D eigenvalue weighted by atomic mass is 79.9. The molecule has 5 nitrogen and oxygen atoms in total. The van der Waals surface area contributed by atoms with Crippen molar-refractivity contribution in [1.82, 2.24) is 0 Å². The SMILES string of the molecule is Cc1ccc(N(C(C)C(=O)Nc2cccc(Br)c2)S(C)(=O)=O)cc1Cl. The third kappa shape index (κ3) is 4.96. The van der Waals surface area contributed by atoms with Crippen LogP contribution < -0.4 is 9.62 Å². The van der Waals surface area contributed by atoms with E-state index in [1.807, 2.05) is 13.0 Å². The van der Waals surface area contributed by atoms with E-state index >= 15 is 0 Å². The maximum atomic E-state index is 12.6. The summed E-state index contributed by atoms with van der Waals surface area (Å²) in [7, 11) is -3.69. The van der Waals surface area contributed by atoms with Gasteiger partial charge < -0.3 is 5.32 Å². The highest BCUT2D eigenvalue weighted by Gasteiger charge is 2.29. The summed E-state index contributed by atoms with van der Waals surface area (Å²) in [6.07, 6.45) is 1.06. The minimum atomic E-state index is -3.69. The number of hydrogen-bond donors (Lipinski definition) is 1. The van der Waals surface area contributed by atoms with E-state index in [0.29, 0.717) is 16.4 Å². The van der Waals surface area contributed by atoms with Crippen LogP contribution >= 0.6 is 27.5 Å². The van der Waals surface area contributed by atoms with Crippen molar-refractivity contribution in [1.29, 1.82) is 0 Å². The molecule has 0 aliphatic heterocycles. The van der Waals surface area contributed by atoms with Crippen LogP contribution in [0.1, 0.15) is 12.5 Å². The highest BCUT2D eigenvalue weighted by Crippen LogP contribution is 2.27. The van der Waals surface area contributed by atoms with Crippen molar-refractivity contribution in [3.05, 3.63) is 57.5 Å². The predicted octanol–water partition coefficient (Wildman–Crippen LogP) is 4.20. The Kier molecular flexibility index (Phi) is 6.13. The normalized spacial score (nSPS) is 12.5. The van der Waals surface area contributed by atoms with Crippen molar-refractivity contribution < 1.29 is 13.2 Å². The van der Waals surface area contributed by atoms with Gasteiger partial charge >= 0.3 is 0 Å². The molecule has 2 aromatic rings. The van der Waals surface area contributed by atoms with Crippen LogP contribution in [-0.2, 0) is 14.8 Å². The molecule has 1 atom stereocenters. The molecule has 25 heavy (non-hydrogen) atoms. The van der Waals surface area contributed by atoms with Gasteiger partial charge in [0.2, 0.25) is 15.9 Å². The second-order valence-electron chi connectivity index (χ2n) is 5.67. The number of aryl methyl sites for hydroxylation is 1. The molecule has 1 N–H and O–H groups in total. The van der Waals surface area contributed by atoms with Gasteiger partial charge in [-0.1, -0.05) is 39.7 Å². The van der Waals surface area contributed by atoms with Gasteiger partial charge in [0, 0.05) is 15.2 Å². The van der Waals surface area contributed by atoms with E-state index in [1.54, 1.807) is 36.4 Å². The maximum Gasteiger partial charge on any atom is 0.247 e. The number of halogens is 2. The second kappa shape index (κ2) is 7.76. The van der Waals surface area contributed by atoms with E-state index in [2.05, 4.69) is 21.2 Å². The number of carbonyl (C=O) groups is 1. The van der Waals surface area contributed by atoms with Crippen molar-refractivity contribution in [2.45, 2.75) is 19.9 Å². The van der Waals surface area contributed by atoms with Crippen LogP contribution in [0.3, 0.4) is 0 Å². The molecule has 0 radical (unpaired) electrons. The average Bonchev–Trinajstić information content (AvgIpc) is 2.49. The van der Waals surface area contributed by atoms with Gasteiger partial charge in [0.15, 0.2) is 0 Å². The van der Waals surface area contributed by atoms with E-state index < -0.39 is 22.0 Å². The molecule has 0 fully saturated rings. The monoisotopic (exact) mass is 444 g/mol. The molecule has 0 saturated carbocycles. The molecular formula is C17H18BrClN2O3S. The van der Waals surface area contributed by atoms with E-state index in [-0.39, 0.29) is 0 Å². The third-order valence-corrected chi connectivity index (χ3v) is 5.73. The zero-order valence-electron chi connectivity index (χ0n) is 14.0. The fourth-order valence-electron chi connectivity index (χ4n) is 2.34. The number of nitrogens with zero attached hydrogens (tertiary/aromatic N) is 1. The van der Waals surface area contributed by atoms with Gasteiger partial charge in [-0.25, -0.2) is 8.42 Å². The molecule has 0 aromatic heterocycles. The van der Waals surface area contributed by atoms with Gasteiger partial charge in [0.1, 0.15) is 6.04 Å². The van der Waals surface area contributed by atoms with Crippen LogP contribution in [0.4, 0.5) is 11.4 Å². The summed E-state index contributed by atoms with van der Waals surface area (Å²) in [5, 5.41) is 3.16. The molecule has 134 valence electrons. The zero-order valence-corrected chi connectivity index (χ0v) is 17.1. The summed E-state index contributed by atoms with van der Waals surface area (Å²) in [5.41, 5.74) is 1.74. The summed E-state index contributed by atoms with van der Waals surface area (Å²) < 4.78 is 26.4. The number of amides is 1. The molecule has 8 heteroatoms. The van der Waals surface area contributed by atoms with Crippen LogP contribution in [0.2, 0.25) is 5.02 Å². The second-order valence-corrected chi connectivity index (χ2v) is 8.85. The van der Waals surface area contributed by atoms with Crippen LogP contribution in [0.25, 0.3) is 0 Å². The minimum Gasteiger partial charge on any atom is -0.324 e. The summed E-state index contributed by atoms with van der Waals surface area (Å²) in [5.74, 6) is -0.444. The smallest absolute Gasteiger partial charge is 0.247 e. The quantitative estimate of drug-likeness (QED) is 0.750. The summed E-state index contributed by atoms with van der Waals surface area (Å²) >= 11 is 9.44. The van der Waals surface area contributed by atoms with Gasteiger partial charge in [-0.2, -0.15) is 0 Å². The van der Waals surface area contributed by atoms with Crippen LogP contribution in [0, 0.1) is 6.92 Å². The van der Waals surface area contributed by atoms with Crippen molar-refractivity contribution >= 4 is 54.8 Å². The first-order chi connectivity index (χ1) is 11.6. The lowest BCUT2D eigenvalue weighted by Crippen LogP contribution is -2.45. The Hall–Kier alpha value is -1.57. The van der Waals surface area contributed by atoms with Crippen LogP contribution in [0.15, 0.2) is 46.9 Å². The zero-order chi connectivity index (χ0) is 18.8. The standard InChI is InChI=1S/C17H18BrClN2O3S/c1-11-7-8-15(10-16(11)19)21(25(3,23)24)12(2)17(22)20-14-6-4-5-13(18)9-14/h4-10,12H,1-3H3,(H,20,22). The fraction of sp³-hybridized carbons (Fsp3) is 0.235. The molecule has 0 spiro atoms. The van der Waals surface area contributed by atoms with Crippen molar-refractivity contribution in [3.63, 3.8) is 0 Å². The van der Waals surface area contributed by atoms with Gasteiger partial charge in [-0.05, 0) is 49.7 Å². The summed E-state index contributed by atoms with van der Waals surface area (Å²) in [6.45, 7) is 3.35. The molecule has 1 amide bonds. The van der Waals surface area contributed by atoms with E-state index in [1.165, 1.54) is 6.92 Å². The Morgan fingerprint density at radius 1 is 1.24 bits per heavy atom. The van der Waals surface area contributed by atoms with Crippen molar-refractivity contribution in [2.24, 2.45) is 0 Å². The Morgan fingerprint density at radius 3 is 2.48 bits per heavy atom. The Labute approximate surface area is 161 Å². The molecule has 2 rings (SSSR count). The molecule has 0 aliphatic rings. The van der Waals surface area contributed by atoms with Crippen molar-refractivity contribution in [2.75, 3.05) is 15.9 Å². The first-order valence-electron chi connectivity index (χ1n) is 7.41. The molecular weight excluding hydrogens is 428 g/mol. The Balaban J connectivity index is 2.34. The fourth-order valence-corrected chi connectivity index (χ4v) is 4.08. The Morgan fingerprint density at radius 2 is 1.92 bits per heavy atom. The molecule has 1 unspecified atom stereocenters. The maximum absolute atomic E-state index is 12.6. The predicted molar refractivity (Wildman–Crippen MR) is 106 cm³/mol. The van der Waals surface area contributed by atoms with Gasteiger partial charge in [0.05, 0.1) is 11.9 Å². The van der Waals surface area contributed by atoms with E-state index in [4.69, 9.17) is 11.6 Å². The number of hydrogen-bond acceptors (Lipinski definition) is 3. The largest absolute Gasteiger partial charge is 0.324 e. The first-order valence-corrected chi connectivity index (χ1v) is 10.4. The lowest BCUT2D eigenvalue weighted by Gasteiger charge is -2.28. The molecule has 2 aromatic carbocycles. The lowest BCUT2D eigenvalue weighted by molar-refractivity contribution is -0.116. The molecule has 0 bridgehead atoms. The van der Waals surface area contributed by atoms with Gasteiger partial charge in [0.25, 0.3) is 0 Å². The lowest BCUT2D eigenvalue weighted by atomic mass is 10.2. The molecule has 0 saturated heterocycles. The van der Waals surface area contributed by atoms with Gasteiger partial charge in [-0.15, -0.1) is 0 Å².